The van der Waals surface area contributed by atoms with Crippen molar-refractivity contribution in [3.8, 4) is 0 Å². The van der Waals surface area contributed by atoms with E-state index in [0.29, 0.717) is 19.4 Å². The van der Waals surface area contributed by atoms with E-state index in [9.17, 15) is 14.7 Å². The Morgan fingerprint density at radius 2 is 2.00 bits per heavy atom. The standard InChI is InChI=1S/C15H20O4/c1-8-4-5-14(18)12(3)7-19-15(11(17)9(12)2)10(16)6-13(8,14)15/h8-9,18H,4-7H2,1-3H3/t8-,9?,12?,13+,14?,15?/m1/s1. The molecule has 4 unspecified atom stereocenters. The smallest absolute Gasteiger partial charge is 0.193 e. The molecular weight excluding hydrogens is 244 g/mol. The highest BCUT2D eigenvalue weighted by molar-refractivity contribution is 6.19. The quantitative estimate of drug-likeness (QED) is 0.665. The van der Waals surface area contributed by atoms with Crippen LogP contribution in [0.25, 0.3) is 0 Å². The maximum absolute atomic E-state index is 12.8. The molecule has 2 saturated heterocycles. The van der Waals surface area contributed by atoms with Crippen molar-refractivity contribution in [1.82, 2.24) is 0 Å². The molecule has 19 heavy (non-hydrogen) atoms. The number of fused-ring (bicyclic) bond motifs is 2. The Labute approximate surface area is 112 Å². The van der Waals surface area contributed by atoms with Gasteiger partial charge in [0.05, 0.1) is 17.6 Å². The minimum Gasteiger partial charge on any atom is -0.388 e. The summed E-state index contributed by atoms with van der Waals surface area (Å²) in [6, 6.07) is 0. The Morgan fingerprint density at radius 3 is 2.63 bits per heavy atom. The van der Waals surface area contributed by atoms with E-state index in [2.05, 4.69) is 6.92 Å². The normalized spacial score (nSPS) is 62.7. The zero-order chi connectivity index (χ0) is 13.8. The first-order valence-corrected chi connectivity index (χ1v) is 7.22. The lowest BCUT2D eigenvalue weighted by molar-refractivity contribution is -0.349. The van der Waals surface area contributed by atoms with Gasteiger partial charge < -0.3 is 9.84 Å². The molecule has 1 N–H and O–H groups in total. The predicted octanol–water partition coefficient (Wildman–Crippen LogP) is 1.10. The number of hydrogen-bond donors (Lipinski definition) is 1. The average Bonchev–Trinajstić information content (AvgIpc) is 2.64. The molecule has 104 valence electrons. The fourth-order valence-electron chi connectivity index (χ4n) is 5.79. The molecule has 0 aromatic rings. The first-order chi connectivity index (χ1) is 8.78. The maximum Gasteiger partial charge on any atom is 0.193 e. The van der Waals surface area contributed by atoms with Gasteiger partial charge in [0, 0.05) is 17.8 Å². The molecule has 0 aromatic carbocycles. The number of rotatable bonds is 0. The molecule has 3 aliphatic carbocycles. The molecule has 5 fully saturated rings. The van der Waals surface area contributed by atoms with Gasteiger partial charge in [-0.1, -0.05) is 20.8 Å². The van der Waals surface area contributed by atoms with E-state index < -0.39 is 22.0 Å². The largest absolute Gasteiger partial charge is 0.388 e. The van der Waals surface area contributed by atoms with Crippen molar-refractivity contribution in [2.45, 2.75) is 51.2 Å². The minimum absolute atomic E-state index is 0.0871. The lowest BCUT2D eigenvalue weighted by atomic mass is 9.34. The van der Waals surface area contributed by atoms with Crippen LogP contribution in [0.3, 0.4) is 0 Å². The van der Waals surface area contributed by atoms with Gasteiger partial charge in [-0.15, -0.1) is 0 Å². The third kappa shape index (κ3) is 0.770. The summed E-state index contributed by atoms with van der Waals surface area (Å²) in [6.45, 7) is 6.18. The van der Waals surface area contributed by atoms with Gasteiger partial charge in [-0.05, 0) is 18.8 Å². The molecule has 2 spiro atoms. The molecule has 6 atom stereocenters. The number of carbonyl (C=O) groups is 2. The van der Waals surface area contributed by atoms with Gasteiger partial charge in [-0.3, -0.25) is 9.59 Å². The second-order valence-corrected chi connectivity index (χ2v) is 7.34. The SMILES string of the molecule is CC1C(=O)C23OCC1(C)C1(O)CC[C@@H](C)[C@]21CC3=O. The Kier molecular flexibility index (Phi) is 1.78. The van der Waals surface area contributed by atoms with Crippen molar-refractivity contribution in [1.29, 1.82) is 0 Å². The van der Waals surface area contributed by atoms with Crippen LogP contribution in [0, 0.1) is 22.7 Å². The van der Waals surface area contributed by atoms with E-state index in [0.717, 1.165) is 6.42 Å². The number of ether oxygens (including phenoxy) is 1. The summed E-state index contributed by atoms with van der Waals surface area (Å²) in [7, 11) is 0. The number of aliphatic hydroxyl groups is 1. The lowest BCUT2D eigenvalue weighted by Gasteiger charge is -2.74. The van der Waals surface area contributed by atoms with Crippen LogP contribution >= 0.6 is 0 Å². The van der Waals surface area contributed by atoms with Crippen molar-refractivity contribution in [2.24, 2.45) is 22.7 Å². The summed E-state index contributed by atoms with van der Waals surface area (Å²) in [5, 5.41) is 11.4. The van der Waals surface area contributed by atoms with Crippen LogP contribution in [0.5, 0.6) is 0 Å². The van der Waals surface area contributed by atoms with E-state index in [1.807, 2.05) is 13.8 Å². The van der Waals surface area contributed by atoms with Crippen molar-refractivity contribution in [3.05, 3.63) is 0 Å². The third-order valence-electron chi connectivity index (χ3n) is 7.21. The molecule has 3 saturated carbocycles. The van der Waals surface area contributed by atoms with Gasteiger partial charge in [-0.25, -0.2) is 0 Å². The summed E-state index contributed by atoms with van der Waals surface area (Å²) in [5.41, 5.74) is -3.47. The Morgan fingerprint density at radius 1 is 1.32 bits per heavy atom. The summed E-state index contributed by atoms with van der Waals surface area (Å²) in [4.78, 5) is 25.0. The molecular formula is C15H20O4. The Hall–Kier alpha value is -0.740. The van der Waals surface area contributed by atoms with E-state index in [4.69, 9.17) is 4.74 Å². The first-order valence-electron chi connectivity index (χ1n) is 7.22. The van der Waals surface area contributed by atoms with E-state index >= 15 is 0 Å². The molecule has 4 heteroatoms. The molecule has 2 heterocycles. The molecule has 5 rings (SSSR count). The lowest BCUT2D eigenvalue weighted by Crippen LogP contribution is -2.89. The average molecular weight is 264 g/mol. The van der Waals surface area contributed by atoms with Crippen LogP contribution in [-0.2, 0) is 14.3 Å². The highest BCUT2D eigenvalue weighted by Crippen LogP contribution is 2.77. The fraction of sp³-hybridized carbons (Fsp3) is 0.867. The van der Waals surface area contributed by atoms with Crippen LogP contribution in [0.4, 0.5) is 0 Å². The fourth-order valence-corrected chi connectivity index (χ4v) is 5.79. The molecule has 4 nitrogen and oxygen atoms in total. The molecule has 5 aliphatic rings. The number of Topliss-reactive ketones (excluding diaryl/α,β-unsaturated/α-hetero) is 2. The van der Waals surface area contributed by atoms with E-state index in [1.165, 1.54) is 0 Å². The second kappa shape index (κ2) is 2.82. The summed E-state index contributed by atoms with van der Waals surface area (Å²) in [6.07, 6.45) is 1.85. The summed E-state index contributed by atoms with van der Waals surface area (Å²) >= 11 is 0. The maximum atomic E-state index is 12.8. The van der Waals surface area contributed by atoms with E-state index in [1.54, 1.807) is 0 Å². The molecule has 2 bridgehead atoms. The Balaban J connectivity index is 2.05. The van der Waals surface area contributed by atoms with Gasteiger partial charge >= 0.3 is 0 Å². The van der Waals surface area contributed by atoms with Crippen LogP contribution in [0.15, 0.2) is 0 Å². The second-order valence-electron chi connectivity index (χ2n) is 7.34. The van der Waals surface area contributed by atoms with Gasteiger partial charge in [0.15, 0.2) is 17.2 Å². The first kappa shape index (κ1) is 12.0. The van der Waals surface area contributed by atoms with Crippen molar-refractivity contribution >= 4 is 11.6 Å². The van der Waals surface area contributed by atoms with Crippen molar-refractivity contribution in [2.75, 3.05) is 6.61 Å². The number of ketones is 2. The predicted molar refractivity (Wildman–Crippen MR) is 66.4 cm³/mol. The summed E-state index contributed by atoms with van der Waals surface area (Å²) < 4.78 is 5.84. The topological polar surface area (TPSA) is 63.6 Å². The number of hydrogen-bond acceptors (Lipinski definition) is 4. The van der Waals surface area contributed by atoms with Crippen molar-refractivity contribution < 1.29 is 19.4 Å². The Bertz CT molecular complexity index is 528. The molecule has 0 radical (unpaired) electrons. The molecule has 0 aromatic heterocycles. The third-order valence-corrected chi connectivity index (χ3v) is 7.21. The van der Waals surface area contributed by atoms with Crippen LogP contribution in [0.2, 0.25) is 0 Å². The van der Waals surface area contributed by atoms with Gasteiger partial charge in [0.1, 0.15) is 0 Å². The monoisotopic (exact) mass is 264 g/mol. The van der Waals surface area contributed by atoms with Crippen LogP contribution in [0.1, 0.15) is 40.0 Å². The van der Waals surface area contributed by atoms with Crippen molar-refractivity contribution in [3.63, 3.8) is 0 Å². The molecule has 2 aliphatic heterocycles. The zero-order valence-electron chi connectivity index (χ0n) is 11.7. The van der Waals surface area contributed by atoms with Gasteiger partial charge in [0.2, 0.25) is 0 Å². The van der Waals surface area contributed by atoms with Crippen LogP contribution in [-0.4, -0.2) is 34.5 Å². The highest BCUT2D eigenvalue weighted by atomic mass is 16.5. The highest BCUT2D eigenvalue weighted by Gasteiger charge is 2.90. The van der Waals surface area contributed by atoms with Gasteiger partial charge in [0.25, 0.3) is 0 Å². The van der Waals surface area contributed by atoms with Gasteiger partial charge in [-0.2, -0.15) is 0 Å². The summed E-state index contributed by atoms with van der Waals surface area (Å²) in [5.74, 6) is -0.352. The molecule has 0 amide bonds. The minimum atomic E-state index is -1.32. The number of carbonyl (C=O) groups excluding carboxylic acids is 2. The van der Waals surface area contributed by atoms with Crippen LogP contribution < -0.4 is 0 Å². The van der Waals surface area contributed by atoms with E-state index in [-0.39, 0.29) is 23.4 Å². The zero-order valence-corrected chi connectivity index (χ0v) is 11.7.